The predicted octanol–water partition coefficient (Wildman–Crippen LogP) is 3.00. The van der Waals surface area contributed by atoms with Gasteiger partial charge in [-0.3, -0.25) is 9.52 Å². The molecule has 1 aromatic carbocycles. The van der Waals surface area contributed by atoms with E-state index in [1.807, 2.05) is 24.1 Å². The summed E-state index contributed by atoms with van der Waals surface area (Å²) in [6.07, 6.45) is 5.45. The van der Waals surface area contributed by atoms with E-state index < -0.39 is 15.6 Å². The van der Waals surface area contributed by atoms with Crippen LogP contribution in [0.4, 0.5) is 11.5 Å². The third kappa shape index (κ3) is 4.87. The first-order valence-electron chi connectivity index (χ1n) is 11.8. The summed E-state index contributed by atoms with van der Waals surface area (Å²) in [6.45, 7) is 5.32. The number of piperidine rings is 1. The number of hydrogen-bond acceptors (Lipinski definition) is 7. The highest BCUT2D eigenvalue weighted by atomic mass is 35.5. The number of hydrogen-bond donors (Lipinski definition) is 2. The molecule has 2 saturated heterocycles. The molecule has 2 aromatic heterocycles. The van der Waals surface area contributed by atoms with Crippen molar-refractivity contribution in [3.63, 3.8) is 0 Å². The van der Waals surface area contributed by atoms with E-state index in [2.05, 4.69) is 4.72 Å². The SMILES string of the molecule is Cc1cn2nc([C@@H]3CCCCN3C(=O)c3cc(Cl)ccc3NS(C)(=O)=O)cc2nc1N1CC(C)(O)C1. The number of amides is 1. The predicted molar refractivity (Wildman–Crippen MR) is 138 cm³/mol. The van der Waals surface area contributed by atoms with Gasteiger partial charge in [-0.15, -0.1) is 0 Å². The van der Waals surface area contributed by atoms with Crippen LogP contribution in [0.15, 0.2) is 30.5 Å². The lowest BCUT2D eigenvalue weighted by Gasteiger charge is -2.45. The van der Waals surface area contributed by atoms with Crippen molar-refractivity contribution in [1.82, 2.24) is 19.5 Å². The molecule has 2 N–H and O–H groups in total. The number of β-amino-alcohol motifs (C(OH)–C–C–N with tert-alkyl or cyclic N) is 1. The number of carbonyl (C=O) groups excluding carboxylic acids is 1. The summed E-state index contributed by atoms with van der Waals surface area (Å²) in [5, 5.41) is 15.2. The van der Waals surface area contributed by atoms with E-state index in [9.17, 15) is 18.3 Å². The van der Waals surface area contributed by atoms with Crippen molar-refractivity contribution < 1.29 is 18.3 Å². The molecule has 0 saturated carbocycles. The fourth-order valence-electron chi connectivity index (χ4n) is 5.05. The maximum Gasteiger partial charge on any atom is 0.256 e. The molecule has 0 radical (unpaired) electrons. The van der Waals surface area contributed by atoms with Crippen molar-refractivity contribution >= 4 is 44.7 Å². The third-order valence-corrected chi connectivity index (χ3v) is 7.42. The van der Waals surface area contributed by atoms with Gasteiger partial charge in [-0.05, 0) is 51.3 Å². The van der Waals surface area contributed by atoms with Crippen LogP contribution in [0.3, 0.4) is 0 Å². The zero-order chi connectivity index (χ0) is 25.8. The molecule has 192 valence electrons. The Balaban J connectivity index is 1.48. The highest BCUT2D eigenvalue weighted by Gasteiger charge is 2.38. The van der Waals surface area contributed by atoms with Gasteiger partial charge in [-0.1, -0.05) is 11.6 Å². The number of anilines is 2. The number of nitrogens with one attached hydrogen (secondary N) is 1. The van der Waals surface area contributed by atoms with Crippen LogP contribution in [0.2, 0.25) is 5.02 Å². The van der Waals surface area contributed by atoms with E-state index in [1.54, 1.807) is 22.4 Å². The van der Waals surface area contributed by atoms with Crippen molar-refractivity contribution in [1.29, 1.82) is 0 Å². The van der Waals surface area contributed by atoms with Gasteiger partial charge < -0.3 is 14.9 Å². The number of halogens is 1. The molecule has 36 heavy (non-hydrogen) atoms. The Hall–Kier alpha value is -2.89. The van der Waals surface area contributed by atoms with Crippen molar-refractivity contribution in [2.75, 3.05) is 35.5 Å². The summed E-state index contributed by atoms with van der Waals surface area (Å²) in [5.74, 6) is 0.505. The lowest BCUT2D eigenvalue weighted by atomic mass is 9.96. The van der Waals surface area contributed by atoms with Gasteiger partial charge in [0.2, 0.25) is 10.0 Å². The average Bonchev–Trinajstić information content (AvgIpc) is 3.19. The fraction of sp³-hybridized carbons (Fsp3) is 0.458. The largest absolute Gasteiger partial charge is 0.386 e. The van der Waals surface area contributed by atoms with E-state index in [4.69, 9.17) is 21.7 Å². The first-order chi connectivity index (χ1) is 16.9. The summed E-state index contributed by atoms with van der Waals surface area (Å²) in [4.78, 5) is 22.3. The number of rotatable bonds is 5. The number of aromatic nitrogens is 3. The standard InChI is InChI=1S/C24H29ClN6O4S/c1-15-12-31-21(26-22(15)29-13-24(2,33)14-29)11-19(27-31)20-6-4-5-9-30(20)23(32)17-10-16(25)7-8-18(17)28-36(3,34)35/h7-8,10-12,20,28,33H,4-6,9,13-14H2,1-3H3/t20-/m0/s1. The number of sulfonamides is 1. The minimum Gasteiger partial charge on any atom is -0.386 e. The van der Waals surface area contributed by atoms with Crippen LogP contribution in [-0.2, 0) is 10.0 Å². The van der Waals surface area contributed by atoms with E-state index in [0.29, 0.717) is 30.3 Å². The lowest BCUT2D eigenvalue weighted by Crippen LogP contribution is -2.60. The van der Waals surface area contributed by atoms with Gasteiger partial charge in [0.1, 0.15) is 5.82 Å². The molecular formula is C24H29ClN6O4S. The molecule has 0 bridgehead atoms. The molecule has 2 aliphatic heterocycles. The zero-order valence-electron chi connectivity index (χ0n) is 20.4. The second kappa shape index (κ2) is 8.89. The van der Waals surface area contributed by atoms with Crippen molar-refractivity contribution in [3.8, 4) is 0 Å². The van der Waals surface area contributed by atoms with Gasteiger partial charge in [-0.25, -0.2) is 17.9 Å². The molecule has 10 nitrogen and oxygen atoms in total. The van der Waals surface area contributed by atoms with Crippen LogP contribution < -0.4 is 9.62 Å². The summed E-state index contributed by atoms with van der Waals surface area (Å²) in [5.41, 5.74) is 2.02. The third-order valence-electron chi connectivity index (χ3n) is 6.60. The maximum absolute atomic E-state index is 13.7. The van der Waals surface area contributed by atoms with Crippen molar-refractivity contribution in [3.05, 3.63) is 52.3 Å². The van der Waals surface area contributed by atoms with E-state index in [-0.39, 0.29) is 23.2 Å². The molecule has 0 aliphatic carbocycles. The molecular weight excluding hydrogens is 504 g/mol. The van der Waals surface area contributed by atoms with E-state index in [0.717, 1.165) is 42.6 Å². The molecule has 2 aliphatic rings. The molecule has 12 heteroatoms. The number of aryl methyl sites for hydroxylation is 1. The van der Waals surface area contributed by atoms with Crippen molar-refractivity contribution in [2.24, 2.45) is 0 Å². The van der Waals surface area contributed by atoms with E-state index in [1.165, 1.54) is 12.1 Å². The molecule has 1 amide bonds. The van der Waals surface area contributed by atoms with Gasteiger partial charge in [0.25, 0.3) is 5.91 Å². The van der Waals surface area contributed by atoms with Gasteiger partial charge in [0.15, 0.2) is 5.65 Å². The van der Waals surface area contributed by atoms with Gasteiger partial charge in [0, 0.05) is 42.5 Å². The Morgan fingerprint density at radius 2 is 2.00 bits per heavy atom. The number of likely N-dealkylation sites (tertiary alicyclic amines) is 1. The quantitative estimate of drug-likeness (QED) is 0.518. The molecule has 1 atom stereocenters. The Kier molecular flexibility index (Phi) is 6.12. The second-order valence-corrected chi connectivity index (χ2v) is 12.2. The number of nitrogens with zero attached hydrogens (tertiary/aromatic N) is 5. The molecule has 0 unspecified atom stereocenters. The first kappa shape index (κ1) is 24.8. The summed E-state index contributed by atoms with van der Waals surface area (Å²) in [6, 6.07) is 6.15. The van der Waals surface area contributed by atoms with Crippen LogP contribution in [0.1, 0.15) is 53.8 Å². The van der Waals surface area contributed by atoms with E-state index >= 15 is 0 Å². The Labute approximate surface area is 214 Å². The minimum atomic E-state index is -3.59. The van der Waals surface area contributed by atoms with Gasteiger partial charge in [0.05, 0.1) is 34.8 Å². The molecule has 5 rings (SSSR count). The van der Waals surface area contributed by atoms with Gasteiger partial charge >= 0.3 is 0 Å². The Morgan fingerprint density at radius 3 is 2.69 bits per heavy atom. The van der Waals surface area contributed by atoms with Crippen LogP contribution in [-0.4, -0.2) is 70.4 Å². The van der Waals surface area contributed by atoms with Crippen LogP contribution in [0, 0.1) is 6.92 Å². The fourth-order valence-corrected chi connectivity index (χ4v) is 5.80. The Morgan fingerprint density at radius 1 is 1.25 bits per heavy atom. The Bertz CT molecular complexity index is 1450. The molecule has 0 spiro atoms. The zero-order valence-corrected chi connectivity index (χ0v) is 22.0. The topological polar surface area (TPSA) is 120 Å². The maximum atomic E-state index is 13.7. The summed E-state index contributed by atoms with van der Waals surface area (Å²) < 4.78 is 27.9. The van der Waals surface area contributed by atoms with Crippen LogP contribution in [0.5, 0.6) is 0 Å². The van der Waals surface area contributed by atoms with Crippen LogP contribution >= 0.6 is 11.6 Å². The average molecular weight is 533 g/mol. The monoisotopic (exact) mass is 532 g/mol. The lowest BCUT2D eigenvalue weighted by molar-refractivity contribution is 0.0304. The minimum absolute atomic E-state index is 0.193. The number of fused-ring (bicyclic) bond motifs is 1. The van der Waals surface area contributed by atoms with Crippen molar-refractivity contribution in [2.45, 2.75) is 44.8 Å². The molecule has 4 heterocycles. The molecule has 3 aromatic rings. The van der Waals surface area contributed by atoms with Crippen LogP contribution in [0.25, 0.3) is 5.65 Å². The normalized spacial score (nSPS) is 19.9. The first-order valence-corrected chi connectivity index (χ1v) is 14.1. The second-order valence-electron chi connectivity index (χ2n) is 10.0. The highest BCUT2D eigenvalue weighted by molar-refractivity contribution is 7.92. The number of aliphatic hydroxyl groups is 1. The number of carbonyl (C=O) groups is 1. The highest BCUT2D eigenvalue weighted by Crippen LogP contribution is 2.35. The summed E-state index contributed by atoms with van der Waals surface area (Å²) in [7, 11) is -3.59. The molecule has 2 fully saturated rings. The van der Waals surface area contributed by atoms with Gasteiger partial charge in [-0.2, -0.15) is 5.10 Å². The number of benzene rings is 1. The smallest absolute Gasteiger partial charge is 0.256 e. The summed E-state index contributed by atoms with van der Waals surface area (Å²) >= 11 is 6.18.